The summed E-state index contributed by atoms with van der Waals surface area (Å²) in [6.07, 6.45) is 0.723. The van der Waals surface area contributed by atoms with Crippen LogP contribution < -0.4 is 11.1 Å². The lowest BCUT2D eigenvalue weighted by molar-refractivity contribution is 0.625. The van der Waals surface area contributed by atoms with E-state index in [0.717, 1.165) is 12.0 Å². The van der Waals surface area contributed by atoms with Crippen LogP contribution in [0, 0.1) is 12.7 Å². The van der Waals surface area contributed by atoms with Gasteiger partial charge >= 0.3 is 0 Å². The summed E-state index contributed by atoms with van der Waals surface area (Å²) < 4.78 is 13.0. The van der Waals surface area contributed by atoms with E-state index in [1.54, 1.807) is 19.1 Å². The SMILES string of the molecule is Cc1nc(N)cc(NCCc2cccc(F)c2)n1. The molecule has 4 nitrogen and oxygen atoms in total. The van der Waals surface area contributed by atoms with Gasteiger partial charge in [0.1, 0.15) is 23.3 Å². The maximum Gasteiger partial charge on any atom is 0.131 e. The third-order valence-corrected chi connectivity index (χ3v) is 2.47. The molecule has 0 atom stereocenters. The van der Waals surface area contributed by atoms with Gasteiger partial charge in [0, 0.05) is 12.6 Å². The molecule has 0 saturated carbocycles. The smallest absolute Gasteiger partial charge is 0.131 e. The van der Waals surface area contributed by atoms with Crippen LogP contribution in [-0.2, 0) is 6.42 Å². The summed E-state index contributed by atoms with van der Waals surface area (Å²) in [5.74, 6) is 1.55. The summed E-state index contributed by atoms with van der Waals surface area (Å²) >= 11 is 0. The van der Waals surface area contributed by atoms with E-state index < -0.39 is 0 Å². The van der Waals surface area contributed by atoms with Crippen LogP contribution in [0.2, 0.25) is 0 Å². The Balaban J connectivity index is 1.92. The van der Waals surface area contributed by atoms with Gasteiger partial charge in [0.05, 0.1) is 0 Å². The molecule has 0 radical (unpaired) electrons. The first kappa shape index (κ1) is 12.3. The molecular weight excluding hydrogens is 231 g/mol. The highest BCUT2D eigenvalue weighted by atomic mass is 19.1. The van der Waals surface area contributed by atoms with Gasteiger partial charge < -0.3 is 11.1 Å². The highest BCUT2D eigenvalue weighted by Gasteiger charge is 1.99. The molecule has 0 saturated heterocycles. The van der Waals surface area contributed by atoms with E-state index in [9.17, 15) is 4.39 Å². The third-order valence-electron chi connectivity index (χ3n) is 2.47. The summed E-state index contributed by atoms with van der Waals surface area (Å²) in [5.41, 5.74) is 6.57. The van der Waals surface area contributed by atoms with Gasteiger partial charge in [-0.3, -0.25) is 0 Å². The number of nitrogens with one attached hydrogen (secondary N) is 1. The average molecular weight is 246 g/mol. The van der Waals surface area contributed by atoms with E-state index in [4.69, 9.17) is 5.73 Å². The first-order chi connectivity index (χ1) is 8.63. The second-order valence-electron chi connectivity index (χ2n) is 4.03. The van der Waals surface area contributed by atoms with Crippen molar-refractivity contribution in [2.75, 3.05) is 17.6 Å². The number of hydrogen-bond acceptors (Lipinski definition) is 4. The van der Waals surface area contributed by atoms with Crippen LogP contribution in [0.5, 0.6) is 0 Å². The maximum atomic E-state index is 13.0. The van der Waals surface area contributed by atoms with Gasteiger partial charge in [-0.15, -0.1) is 0 Å². The molecule has 2 rings (SSSR count). The lowest BCUT2D eigenvalue weighted by Crippen LogP contribution is -2.08. The van der Waals surface area contributed by atoms with Crippen molar-refractivity contribution in [1.29, 1.82) is 0 Å². The number of nitrogen functional groups attached to an aromatic ring is 1. The molecule has 0 unspecified atom stereocenters. The fourth-order valence-corrected chi connectivity index (χ4v) is 1.71. The minimum absolute atomic E-state index is 0.213. The second kappa shape index (κ2) is 5.44. The minimum Gasteiger partial charge on any atom is -0.384 e. The first-order valence-electron chi connectivity index (χ1n) is 5.73. The quantitative estimate of drug-likeness (QED) is 0.867. The van der Waals surface area contributed by atoms with Gasteiger partial charge in [-0.05, 0) is 31.0 Å². The Labute approximate surface area is 105 Å². The molecule has 18 heavy (non-hydrogen) atoms. The largest absolute Gasteiger partial charge is 0.384 e. The van der Waals surface area contributed by atoms with Crippen molar-refractivity contribution in [2.45, 2.75) is 13.3 Å². The predicted octanol–water partition coefficient (Wildman–Crippen LogP) is 2.16. The van der Waals surface area contributed by atoms with E-state index >= 15 is 0 Å². The monoisotopic (exact) mass is 246 g/mol. The summed E-state index contributed by atoms with van der Waals surface area (Å²) in [4.78, 5) is 8.20. The van der Waals surface area contributed by atoms with Gasteiger partial charge in [-0.2, -0.15) is 0 Å². The Kier molecular flexibility index (Phi) is 3.72. The molecule has 0 spiro atoms. The molecular formula is C13H15FN4. The zero-order valence-electron chi connectivity index (χ0n) is 10.2. The molecule has 1 heterocycles. The molecule has 0 bridgehead atoms. The predicted molar refractivity (Wildman–Crippen MR) is 69.8 cm³/mol. The third kappa shape index (κ3) is 3.41. The molecule has 0 aliphatic heterocycles. The number of hydrogen-bond donors (Lipinski definition) is 2. The maximum absolute atomic E-state index is 13.0. The highest BCUT2D eigenvalue weighted by Crippen LogP contribution is 2.09. The minimum atomic E-state index is -0.213. The van der Waals surface area contributed by atoms with Crippen LogP contribution in [-0.4, -0.2) is 16.5 Å². The number of anilines is 2. The Morgan fingerprint density at radius 1 is 1.28 bits per heavy atom. The van der Waals surface area contributed by atoms with Crippen LogP contribution in [0.4, 0.5) is 16.0 Å². The number of benzene rings is 1. The van der Waals surface area contributed by atoms with E-state index in [1.807, 2.05) is 6.07 Å². The van der Waals surface area contributed by atoms with Crippen molar-refractivity contribution in [2.24, 2.45) is 0 Å². The fraction of sp³-hybridized carbons (Fsp3) is 0.231. The van der Waals surface area contributed by atoms with Crippen molar-refractivity contribution in [3.8, 4) is 0 Å². The normalized spacial score (nSPS) is 10.3. The summed E-state index contributed by atoms with van der Waals surface area (Å²) in [6.45, 7) is 2.45. The van der Waals surface area contributed by atoms with Crippen LogP contribution in [0.3, 0.4) is 0 Å². The van der Waals surface area contributed by atoms with Crippen molar-refractivity contribution < 1.29 is 4.39 Å². The van der Waals surface area contributed by atoms with Crippen LogP contribution in [0.15, 0.2) is 30.3 Å². The Bertz CT molecular complexity index is 522. The molecule has 1 aromatic carbocycles. The summed E-state index contributed by atoms with van der Waals surface area (Å²) in [6, 6.07) is 8.24. The van der Waals surface area contributed by atoms with Crippen molar-refractivity contribution in [3.05, 3.63) is 47.5 Å². The van der Waals surface area contributed by atoms with E-state index in [0.29, 0.717) is 24.0 Å². The Hall–Kier alpha value is -2.17. The standard InChI is InChI=1S/C13H15FN4/c1-9-17-12(15)8-13(18-9)16-6-5-10-3-2-4-11(14)7-10/h2-4,7-8H,5-6H2,1H3,(H3,15,16,17,18). The molecule has 0 amide bonds. The number of nitrogens with two attached hydrogens (primary N) is 1. The molecule has 94 valence electrons. The summed E-state index contributed by atoms with van der Waals surface area (Å²) in [5, 5.41) is 3.14. The van der Waals surface area contributed by atoms with Gasteiger partial charge in [0.25, 0.3) is 0 Å². The van der Waals surface area contributed by atoms with Gasteiger partial charge in [0.15, 0.2) is 0 Å². The van der Waals surface area contributed by atoms with E-state index in [2.05, 4.69) is 15.3 Å². The molecule has 0 aliphatic rings. The van der Waals surface area contributed by atoms with Gasteiger partial charge in [-0.25, -0.2) is 14.4 Å². The molecule has 0 aliphatic carbocycles. The number of aryl methyl sites for hydroxylation is 1. The van der Waals surface area contributed by atoms with Crippen molar-refractivity contribution >= 4 is 11.6 Å². The zero-order valence-corrected chi connectivity index (χ0v) is 10.2. The van der Waals surface area contributed by atoms with Gasteiger partial charge in [-0.1, -0.05) is 12.1 Å². The molecule has 1 aromatic heterocycles. The van der Waals surface area contributed by atoms with Crippen LogP contribution >= 0.6 is 0 Å². The summed E-state index contributed by atoms with van der Waals surface area (Å²) in [7, 11) is 0. The number of aromatic nitrogens is 2. The fourth-order valence-electron chi connectivity index (χ4n) is 1.71. The van der Waals surface area contributed by atoms with Crippen molar-refractivity contribution in [1.82, 2.24) is 9.97 Å². The lowest BCUT2D eigenvalue weighted by atomic mass is 10.1. The average Bonchev–Trinajstić information content (AvgIpc) is 2.27. The number of nitrogens with zero attached hydrogens (tertiary/aromatic N) is 2. The van der Waals surface area contributed by atoms with Crippen molar-refractivity contribution in [3.63, 3.8) is 0 Å². The van der Waals surface area contributed by atoms with Crippen LogP contribution in [0.25, 0.3) is 0 Å². The number of halogens is 1. The molecule has 2 aromatic rings. The van der Waals surface area contributed by atoms with Gasteiger partial charge in [0.2, 0.25) is 0 Å². The molecule has 5 heteroatoms. The lowest BCUT2D eigenvalue weighted by Gasteiger charge is -2.07. The Morgan fingerprint density at radius 2 is 2.11 bits per heavy atom. The van der Waals surface area contributed by atoms with E-state index in [1.165, 1.54) is 12.1 Å². The Morgan fingerprint density at radius 3 is 2.83 bits per heavy atom. The topological polar surface area (TPSA) is 63.8 Å². The number of rotatable bonds is 4. The molecule has 3 N–H and O–H groups in total. The highest BCUT2D eigenvalue weighted by molar-refractivity contribution is 5.44. The van der Waals surface area contributed by atoms with Crippen LogP contribution in [0.1, 0.15) is 11.4 Å². The first-order valence-corrected chi connectivity index (χ1v) is 5.73. The second-order valence-corrected chi connectivity index (χ2v) is 4.03. The van der Waals surface area contributed by atoms with E-state index in [-0.39, 0.29) is 5.82 Å². The zero-order chi connectivity index (χ0) is 13.0. The molecule has 0 fully saturated rings.